The number of nitrogens with two attached hydrogens (primary N) is 1. The van der Waals surface area contributed by atoms with E-state index in [1.54, 1.807) is 6.33 Å². The zero-order chi connectivity index (χ0) is 14.0. The highest BCUT2D eigenvalue weighted by Gasteiger charge is 2.31. The third kappa shape index (κ3) is 2.94. The molecule has 1 saturated carbocycles. The molecule has 0 unspecified atom stereocenters. The summed E-state index contributed by atoms with van der Waals surface area (Å²) < 4.78 is 1.87. The van der Waals surface area contributed by atoms with Crippen LogP contribution in [-0.4, -0.2) is 9.55 Å². The molecule has 1 aromatic rings. The summed E-state index contributed by atoms with van der Waals surface area (Å²) in [5, 5.41) is 0. The molecule has 3 nitrogen and oxygen atoms in total. The van der Waals surface area contributed by atoms with E-state index < -0.39 is 0 Å². The van der Waals surface area contributed by atoms with E-state index in [1.165, 1.54) is 25.7 Å². The molecular formula is C16H25N3. The molecule has 19 heavy (non-hydrogen) atoms. The number of terminal acetylenes is 1. The van der Waals surface area contributed by atoms with Gasteiger partial charge in [0.05, 0.1) is 18.6 Å². The number of anilines is 1. The summed E-state index contributed by atoms with van der Waals surface area (Å²) >= 11 is 0. The van der Waals surface area contributed by atoms with E-state index in [2.05, 4.69) is 31.7 Å². The Morgan fingerprint density at radius 3 is 2.53 bits per heavy atom. The van der Waals surface area contributed by atoms with Crippen LogP contribution in [-0.2, 0) is 6.54 Å². The molecule has 0 aromatic carbocycles. The monoisotopic (exact) mass is 259 g/mol. The maximum absolute atomic E-state index is 6.15. The van der Waals surface area contributed by atoms with Crippen molar-refractivity contribution < 1.29 is 0 Å². The lowest BCUT2D eigenvalue weighted by Gasteiger charge is -2.36. The van der Waals surface area contributed by atoms with Crippen molar-refractivity contribution in [3.05, 3.63) is 12.0 Å². The summed E-state index contributed by atoms with van der Waals surface area (Å²) in [4.78, 5) is 4.49. The zero-order valence-corrected chi connectivity index (χ0v) is 12.3. The van der Waals surface area contributed by atoms with Gasteiger partial charge in [0.25, 0.3) is 0 Å². The second kappa shape index (κ2) is 5.28. The van der Waals surface area contributed by atoms with Gasteiger partial charge in [-0.25, -0.2) is 4.98 Å². The first-order valence-corrected chi connectivity index (χ1v) is 7.17. The number of hydrogen-bond donors (Lipinski definition) is 1. The van der Waals surface area contributed by atoms with Crippen molar-refractivity contribution in [1.82, 2.24) is 9.55 Å². The molecule has 0 bridgehead atoms. The van der Waals surface area contributed by atoms with Crippen LogP contribution >= 0.6 is 0 Å². The van der Waals surface area contributed by atoms with E-state index in [4.69, 9.17) is 12.2 Å². The van der Waals surface area contributed by atoms with Crippen molar-refractivity contribution in [2.45, 2.75) is 58.9 Å². The van der Waals surface area contributed by atoms with E-state index in [-0.39, 0.29) is 0 Å². The van der Waals surface area contributed by atoms with Crippen LogP contribution in [0, 0.1) is 23.7 Å². The van der Waals surface area contributed by atoms with Crippen LogP contribution in [0.25, 0.3) is 0 Å². The largest absolute Gasteiger partial charge is 0.384 e. The van der Waals surface area contributed by atoms with Crippen LogP contribution in [0.2, 0.25) is 0 Å². The van der Waals surface area contributed by atoms with Crippen molar-refractivity contribution in [1.29, 1.82) is 0 Å². The van der Waals surface area contributed by atoms with Crippen molar-refractivity contribution in [3.8, 4) is 12.3 Å². The Morgan fingerprint density at radius 2 is 2.00 bits per heavy atom. The van der Waals surface area contributed by atoms with Gasteiger partial charge in [-0.05, 0) is 37.0 Å². The third-order valence-electron chi connectivity index (χ3n) is 4.51. The average Bonchev–Trinajstić information content (AvgIpc) is 2.71. The van der Waals surface area contributed by atoms with Crippen LogP contribution < -0.4 is 5.73 Å². The number of aromatic nitrogens is 2. The summed E-state index contributed by atoms with van der Waals surface area (Å²) in [6.07, 6.45) is 12.0. The highest BCUT2D eigenvalue weighted by Crippen LogP contribution is 2.43. The smallest absolute Gasteiger partial charge is 0.127 e. The van der Waals surface area contributed by atoms with E-state index >= 15 is 0 Å². The minimum Gasteiger partial charge on any atom is -0.384 e. The summed E-state index contributed by atoms with van der Waals surface area (Å²) in [7, 11) is 0. The van der Waals surface area contributed by atoms with Crippen LogP contribution in [0.5, 0.6) is 0 Å². The molecule has 0 atom stereocenters. The maximum atomic E-state index is 6.15. The van der Waals surface area contributed by atoms with Gasteiger partial charge in [0, 0.05) is 5.92 Å². The van der Waals surface area contributed by atoms with Gasteiger partial charge in [-0.3, -0.25) is 0 Å². The van der Waals surface area contributed by atoms with Gasteiger partial charge in [0.2, 0.25) is 0 Å². The highest BCUT2D eigenvalue weighted by molar-refractivity contribution is 5.39. The molecule has 1 heterocycles. The van der Waals surface area contributed by atoms with Gasteiger partial charge in [-0.15, -0.1) is 6.42 Å². The van der Waals surface area contributed by atoms with Crippen molar-refractivity contribution in [2.75, 3.05) is 5.73 Å². The van der Waals surface area contributed by atoms with Gasteiger partial charge in [0.15, 0.2) is 0 Å². The van der Waals surface area contributed by atoms with Crippen molar-refractivity contribution in [2.24, 2.45) is 11.3 Å². The lowest BCUT2D eigenvalue weighted by Crippen LogP contribution is -2.25. The molecule has 2 rings (SSSR count). The molecule has 3 heteroatoms. The lowest BCUT2D eigenvalue weighted by atomic mass is 9.69. The highest BCUT2D eigenvalue weighted by atomic mass is 15.1. The standard InChI is InChI=1S/C16H25N3/c1-5-10-19-11-18-14(15(19)17)12-6-8-13(9-7-12)16(2,3)4/h1,11-13H,6-10,17H2,2-4H3. The summed E-state index contributed by atoms with van der Waals surface area (Å²) in [5.74, 6) is 4.70. The second-order valence-corrected chi connectivity index (χ2v) is 6.76. The van der Waals surface area contributed by atoms with E-state index in [0.29, 0.717) is 17.9 Å². The molecule has 1 fully saturated rings. The lowest BCUT2D eigenvalue weighted by molar-refractivity contribution is 0.168. The van der Waals surface area contributed by atoms with E-state index in [9.17, 15) is 0 Å². The fraction of sp³-hybridized carbons (Fsp3) is 0.688. The minimum absolute atomic E-state index is 0.416. The first-order chi connectivity index (χ1) is 8.93. The SMILES string of the molecule is C#CCn1cnc(C2CCC(C(C)(C)C)CC2)c1N. The molecule has 0 amide bonds. The Hall–Kier alpha value is -1.43. The molecule has 1 aliphatic carbocycles. The fourth-order valence-corrected chi connectivity index (χ4v) is 3.18. The number of hydrogen-bond acceptors (Lipinski definition) is 2. The molecular weight excluding hydrogens is 234 g/mol. The number of rotatable bonds is 2. The van der Waals surface area contributed by atoms with E-state index in [1.807, 2.05) is 4.57 Å². The molecule has 1 aromatic heterocycles. The zero-order valence-electron chi connectivity index (χ0n) is 12.3. The van der Waals surface area contributed by atoms with Gasteiger partial charge in [0.1, 0.15) is 5.82 Å². The normalized spacial score (nSPS) is 24.1. The number of nitrogens with zero attached hydrogens (tertiary/aromatic N) is 2. The first kappa shape index (κ1) is 14.0. The van der Waals surface area contributed by atoms with Crippen molar-refractivity contribution >= 4 is 5.82 Å². The Kier molecular flexibility index (Phi) is 3.89. The third-order valence-corrected chi connectivity index (χ3v) is 4.51. The molecule has 2 N–H and O–H groups in total. The predicted octanol–water partition coefficient (Wildman–Crippen LogP) is 3.42. The molecule has 0 spiro atoms. The molecule has 0 saturated heterocycles. The van der Waals surface area contributed by atoms with Crippen LogP contribution in [0.4, 0.5) is 5.82 Å². The number of imidazole rings is 1. The average molecular weight is 259 g/mol. The molecule has 0 aliphatic heterocycles. The molecule has 1 aliphatic rings. The molecule has 104 valence electrons. The van der Waals surface area contributed by atoms with E-state index in [0.717, 1.165) is 17.4 Å². The van der Waals surface area contributed by atoms with Crippen LogP contribution in [0.1, 0.15) is 58.1 Å². The maximum Gasteiger partial charge on any atom is 0.127 e. The quantitative estimate of drug-likeness (QED) is 0.827. The second-order valence-electron chi connectivity index (χ2n) is 6.76. The predicted molar refractivity (Wildman–Crippen MR) is 79.6 cm³/mol. The Labute approximate surface area is 116 Å². The Bertz CT molecular complexity index is 465. The summed E-state index contributed by atoms with van der Waals surface area (Å²) in [6, 6.07) is 0. The van der Waals surface area contributed by atoms with Crippen molar-refractivity contribution in [3.63, 3.8) is 0 Å². The van der Waals surface area contributed by atoms with Crippen LogP contribution in [0.15, 0.2) is 6.33 Å². The Morgan fingerprint density at radius 1 is 1.37 bits per heavy atom. The van der Waals surface area contributed by atoms with Gasteiger partial charge >= 0.3 is 0 Å². The Balaban J connectivity index is 2.04. The van der Waals surface area contributed by atoms with Gasteiger partial charge < -0.3 is 10.3 Å². The topological polar surface area (TPSA) is 43.8 Å². The van der Waals surface area contributed by atoms with Gasteiger partial charge in [-0.1, -0.05) is 26.7 Å². The van der Waals surface area contributed by atoms with Gasteiger partial charge in [-0.2, -0.15) is 0 Å². The fourth-order valence-electron chi connectivity index (χ4n) is 3.18. The molecule has 0 radical (unpaired) electrons. The number of nitrogen functional groups attached to an aromatic ring is 1. The minimum atomic E-state index is 0.416. The summed E-state index contributed by atoms with van der Waals surface area (Å²) in [6.45, 7) is 7.53. The first-order valence-electron chi connectivity index (χ1n) is 7.17. The summed E-state index contributed by atoms with van der Waals surface area (Å²) in [5.41, 5.74) is 7.62. The van der Waals surface area contributed by atoms with Crippen LogP contribution in [0.3, 0.4) is 0 Å².